The fourth-order valence-corrected chi connectivity index (χ4v) is 3.64. The first-order chi connectivity index (χ1) is 15.2. The smallest absolute Gasteiger partial charge is 0.255 e. The number of hydrogen-bond acceptors (Lipinski definition) is 5. The molecule has 1 heterocycles. The minimum atomic E-state index is -0.437. The molecule has 1 aromatic carbocycles. The Morgan fingerprint density at radius 2 is 1.75 bits per heavy atom. The molecule has 0 spiro atoms. The van der Waals surface area contributed by atoms with E-state index in [1.54, 1.807) is 0 Å². The van der Waals surface area contributed by atoms with E-state index in [1.165, 1.54) is 13.0 Å². The van der Waals surface area contributed by atoms with Crippen molar-refractivity contribution in [2.75, 3.05) is 0 Å². The lowest BCUT2D eigenvalue weighted by molar-refractivity contribution is 0.0865. The zero-order valence-electron chi connectivity index (χ0n) is 19.4. The summed E-state index contributed by atoms with van der Waals surface area (Å²) in [6.07, 6.45) is 2.55. The Bertz CT molecular complexity index is 916. The van der Waals surface area contributed by atoms with E-state index in [2.05, 4.69) is 32.2 Å². The molecule has 0 bridgehead atoms. The molecule has 1 aliphatic rings. The van der Waals surface area contributed by atoms with Crippen LogP contribution in [0.3, 0.4) is 0 Å². The zero-order chi connectivity index (χ0) is 23.7. The second-order valence-electron chi connectivity index (χ2n) is 8.98. The van der Waals surface area contributed by atoms with E-state index >= 15 is 0 Å². The second-order valence-corrected chi connectivity index (χ2v) is 8.98. The van der Waals surface area contributed by atoms with Crippen LogP contribution in [0.25, 0.3) is 0 Å². The van der Waals surface area contributed by atoms with Gasteiger partial charge in [-0.05, 0) is 37.2 Å². The van der Waals surface area contributed by atoms with E-state index in [-0.39, 0.29) is 36.0 Å². The zero-order valence-corrected chi connectivity index (χ0v) is 19.4. The maximum atomic E-state index is 13.0. The van der Waals surface area contributed by atoms with Crippen molar-refractivity contribution in [1.82, 2.24) is 5.32 Å². The molecular formula is C26H34N2O4. The number of Topliss-reactive ketones (excluding diaryl/α,β-unsaturated/α-hetero) is 1. The number of ketones is 1. The predicted octanol–water partition coefficient (Wildman–Crippen LogP) is 5.22. The highest BCUT2D eigenvalue weighted by Crippen LogP contribution is 2.33. The molecule has 1 aromatic heterocycles. The van der Waals surface area contributed by atoms with E-state index < -0.39 is 5.92 Å². The summed E-state index contributed by atoms with van der Waals surface area (Å²) in [5.41, 5.74) is 1.14. The Morgan fingerprint density at radius 1 is 1.16 bits per heavy atom. The van der Waals surface area contributed by atoms with Gasteiger partial charge in [0.2, 0.25) is 0 Å². The van der Waals surface area contributed by atoms with Crippen LogP contribution in [0.15, 0.2) is 40.8 Å². The van der Waals surface area contributed by atoms with E-state index in [4.69, 9.17) is 4.42 Å². The lowest BCUT2D eigenvalue weighted by Gasteiger charge is -2.26. The first-order valence-electron chi connectivity index (χ1n) is 11.3. The average molecular weight is 439 g/mol. The number of carbonyl (C=O) groups is 2. The summed E-state index contributed by atoms with van der Waals surface area (Å²) >= 11 is 0. The molecular weight excluding hydrogens is 404 g/mol. The molecule has 32 heavy (non-hydrogen) atoms. The molecule has 1 fully saturated rings. The number of nitrogens with zero attached hydrogens (tertiary/aromatic N) is 1. The first kappa shape index (κ1) is 25.4. The van der Waals surface area contributed by atoms with E-state index in [1.807, 2.05) is 30.3 Å². The number of hydrogen-bond donors (Lipinski definition) is 2. The summed E-state index contributed by atoms with van der Waals surface area (Å²) in [5, 5.41) is 21.9. The van der Waals surface area contributed by atoms with Crippen LogP contribution in [0.4, 0.5) is 0 Å². The minimum Gasteiger partial charge on any atom is -0.456 e. The third-order valence-corrected chi connectivity index (χ3v) is 5.20. The molecule has 0 saturated heterocycles. The molecule has 1 aliphatic carbocycles. The van der Waals surface area contributed by atoms with Crippen molar-refractivity contribution in [2.24, 2.45) is 5.92 Å². The number of nitrogens with one attached hydrogen (secondary N) is 1. The van der Waals surface area contributed by atoms with Crippen LogP contribution in [0, 0.1) is 17.2 Å². The van der Waals surface area contributed by atoms with Crippen molar-refractivity contribution in [2.45, 2.75) is 77.9 Å². The summed E-state index contributed by atoms with van der Waals surface area (Å²) in [6.45, 7) is 7.88. The number of benzene rings is 1. The minimum absolute atomic E-state index is 0.0226. The predicted molar refractivity (Wildman–Crippen MR) is 123 cm³/mol. The fourth-order valence-electron chi connectivity index (χ4n) is 3.64. The Hall–Kier alpha value is -2.91. The molecule has 172 valence electrons. The largest absolute Gasteiger partial charge is 0.456 e. The summed E-state index contributed by atoms with van der Waals surface area (Å²) in [4.78, 5) is 24.8. The van der Waals surface area contributed by atoms with Gasteiger partial charge in [-0.3, -0.25) is 9.59 Å². The highest BCUT2D eigenvalue weighted by molar-refractivity contribution is 5.99. The van der Waals surface area contributed by atoms with Crippen molar-refractivity contribution in [3.05, 3.63) is 59.0 Å². The molecule has 1 unspecified atom stereocenters. The Labute approximate surface area is 190 Å². The van der Waals surface area contributed by atoms with Gasteiger partial charge < -0.3 is 14.8 Å². The number of aliphatic hydroxyl groups excluding tert-OH is 1. The van der Waals surface area contributed by atoms with Crippen molar-refractivity contribution < 1.29 is 19.1 Å². The van der Waals surface area contributed by atoms with Gasteiger partial charge in [-0.15, -0.1) is 0 Å². The monoisotopic (exact) mass is 438 g/mol. The lowest BCUT2D eigenvalue weighted by atomic mass is 9.90. The second kappa shape index (κ2) is 12.2. The number of rotatable bonds is 6. The van der Waals surface area contributed by atoms with E-state index in [9.17, 15) is 20.0 Å². The molecule has 3 rings (SSSR count). The van der Waals surface area contributed by atoms with Crippen molar-refractivity contribution in [3.63, 3.8) is 0 Å². The molecule has 0 aliphatic heterocycles. The molecule has 1 amide bonds. The van der Waals surface area contributed by atoms with Gasteiger partial charge in [0.25, 0.3) is 5.91 Å². The number of nitriles is 1. The van der Waals surface area contributed by atoms with Crippen LogP contribution in [-0.2, 0) is 0 Å². The number of furan rings is 1. The number of carbonyl (C=O) groups excluding carboxylic acids is 2. The lowest BCUT2D eigenvalue weighted by Crippen LogP contribution is -2.38. The van der Waals surface area contributed by atoms with Crippen LogP contribution in [0.2, 0.25) is 0 Å². The maximum absolute atomic E-state index is 13.0. The third kappa shape index (κ3) is 7.35. The van der Waals surface area contributed by atoms with Gasteiger partial charge in [-0.25, -0.2) is 0 Å². The standard InChI is InChI=1S/C22H24N2O4.C4H10/c1-14(25)20-13-19(22(27)24-16-7-9-17(26)10-8-16)21(28-20)18(11-12-23)15-5-3-2-4-6-15;1-4(2)3/h2-6,13,16-18,26H,7-11H2,1H3,(H,24,27);4H,1-3H3. The molecule has 6 nitrogen and oxygen atoms in total. The van der Waals surface area contributed by atoms with E-state index in [0.29, 0.717) is 37.0 Å². The molecule has 0 radical (unpaired) electrons. The van der Waals surface area contributed by atoms with E-state index in [0.717, 1.165) is 11.5 Å². The molecule has 6 heteroatoms. The molecule has 2 aromatic rings. The van der Waals surface area contributed by atoms with Crippen LogP contribution in [0.1, 0.15) is 98.0 Å². The van der Waals surface area contributed by atoms with Gasteiger partial charge in [0.1, 0.15) is 5.76 Å². The van der Waals surface area contributed by atoms with Crippen LogP contribution < -0.4 is 5.32 Å². The van der Waals surface area contributed by atoms with Gasteiger partial charge in [0.15, 0.2) is 11.5 Å². The van der Waals surface area contributed by atoms with Crippen molar-refractivity contribution >= 4 is 11.7 Å². The van der Waals surface area contributed by atoms with Gasteiger partial charge in [0.05, 0.1) is 23.7 Å². The Kier molecular flexibility index (Phi) is 9.67. The van der Waals surface area contributed by atoms with Gasteiger partial charge in [0, 0.05) is 25.5 Å². The topological polar surface area (TPSA) is 103 Å². The van der Waals surface area contributed by atoms with Crippen molar-refractivity contribution in [3.8, 4) is 6.07 Å². The normalized spacial score (nSPS) is 18.8. The maximum Gasteiger partial charge on any atom is 0.255 e. The summed E-state index contributed by atoms with van der Waals surface area (Å²) in [7, 11) is 0. The first-order valence-corrected chi connectivity index (χ1v) is 11.3. The number of aliphatic hydroxyl groups is 1. The SMILES string of the molecule is CC(=O)c1cc(C(=O)NC2CCC(O)CC2)c(C(CC#N)c2ccccc2)o1.CC(C)C. The van der Waals surface area contributed by atoms with Crippen LogP contribution in [0.5, 0.6) is 0 Å². The quantitative estimate of drug-likeness (QED) is 0.602. The number of amides is 1. The Balaban J connectivity index is 0.000000837. The average Bonchev–Trinajstić information content (AvgIpc) is 3.19. The molecule has 1 saturated carbocycles. The van der Waals surface area contributed by atoms with Crippen LogP contribution >= 0.6 is 0 Å². The summed E-state index contributed by atoms with van der Waals surface area (Å²) in [6, 6.07) is 13.0. The van der Waals surface area contributed by atoms with Gasteiger partial charge in [-0.1, -0.05) is 51.1 Å². The Morgan fingerprint density at radius 3 is 2.28 bits per heavy atom. The van der Waals surface area contributed by atoms with Crippen molar-refractivity contribution in [1.29, 1.82) is 5.26 Å². The van der Waals surface area contributed by atoms with Gasteiger partial charge in [-0.2, -0.15) is 5.26 Å². The third-order valence-electron chi connectivity index (χ3n) is 5.20. The molecule has 1 atom stereocenters. The molecule has 2 N–H and O–H groups in total. The highest BCUT2D eigenvalue weighted by atomic mass is 16.3. The summed E-state index contributed by atoms with van der Waals surface area (Å²) < 4.78 is 5.77. The fraction of sp³-hybridized carbons (Fsp3) is 0.500. The van der Waals surface area contributed by atoms with Crippen LogP contribution in [-0.4, -0.2) is 28.9 Å². The highest BCUT2D eigenvalue weighted by Gasteiger charge is 2.29. The van der Waals surface area contributed by atoms with Gasteiger partial charge >= 0.3 is 0 Å². The summed E-state index contributed by atoms with van der Waals surface area (Å²) in [5.74, 6) is 0.258.